The van der Waals surface area contributed by atoms with Crippen molar-refractivity contribution in [2.45, 2.75) is 37.6 Å². The van der Waals surface area contributed by atoms with E-state index in [1.165, 1.54) is 16.4 Å². The van der Waals surface area contributed by atoms with Crippen molar-refractivity contribution in [2.24, 2.45) is 5.92 Å². The Hall–Kier alpha value is -0.460. The molecular formula is C13H17BrFNO2S. The molecule has 106 valence electrons. The Balaban J connectivity index is 2.34. The highest BCUT2D eigenvalue weighted by Gasteiger charge is 2.33. The summed E-state index contributed by atoms with van der Waals surface area (Å²) in [4.78, 5) is 0.0228. The number of piperidine rings is 1. The highest BCUT2D eigenvalue weighted by atomic mass is 79.9. The third-order valence-corrected chi connectivity index (χ3v) is 6.23. The van der Waals surface area contributed by atoms with Crippen LogP contribution in [0.5, 0.6) is 0 Å². The first-order chi connectivity index (χ1) is 8.82. The van der Waals surface area contributed by atoms with Crippen LogP contribution in [0, 0.1) is 11.7 Å². The number of benzene rings is 1. The summed E-state index contributed by atoms with van der Waals surface area (Å²) in [7, 11) is -3.60. The zero-order valence-electron chi connectivity index (χ0n) is 10.9. The Morgan fingerprint density at radius 3 is 2.63 bits per heavy atom. The molecule has 2 atom stereocenters. The van der Waals surface area contributed by atoms with Crippen molar-refractivity contribution in [3.05, 3.63) is 28.5 Å². The molecule has 0 saturated carbocycles. The summed E-state index contributed by atoms with van der Waals surface area (Å²) >= 11 is 3.03. The third kappa shape index (κ3) is 3.01. The van der Waals surface area contributed by atoms with Gasteiger partial charge in [-0.25, -0.2) is 12.8 Å². The molecule has 1 aliphatic heterocycles. The number of hydrogen-bond acceptors (Lipinski definition) is 2. The molecule has 2 rings (SSSR count). The average molecular weight is 350 g/mol. The molecule has 6 heteroatoms. The SMILES string of the molecule is CC1CCN(S(=O)(=O)c2ccc(Br)c(F)c2)C(C)C1. The van der Waals surface area contributed by atoms with Crippen molar-refractivity contribution in [3.8, 4) is 0 Å². The summed E-state index contributed by atoms with van der Waals surface area (Å²) in [5.74, 6) is -0.0257. The topological polar surface area (TPSA) is 37.4 Å². The van der Waals surface area contributed by atoms with Crippen LogP contribution in [0.1, 0.15) is 26.7 Å². The van der Waals surface area contributed by atoms with Crippen LogP contribution in [-0.2, 0) is 10.0 Å². The van der Waals surface area contributed by atoms with Crippen molar-refractivity contribution < 1.29 is 12.8 Å². The predicted molar refractivity (Wildman–Crippen MR) is 75.9 cm³/mol. The lowest BCUT2D eigenvalue weighted by Crippen LogP contribution is -2.44. The smallest absolute Gasteiger partial charge is 0.207 e. The normalized spacial score (nSPS) is 25.5. The molecule has 0 bridgehead atoms. The summed E-state index contributed by atoms with van der Waals surface area (Å²) < 4.78 is 40.3. The van der Waals surface area contributed by atoms with Crippen molar-refractivity contribution >= 4 is 26.0 Å². The maximum Gasteiger partial charge on any atom is 0.243 e. The average Bonchev–Trinajstić information content (AvgIpc) is 2.32. The molecule has 1 heterocycles. The van der Waals surface area contributed by atoms with Crippen LogP contribution in [0.25, 0.3) is 0 Å². The molecule has 1 aromatic carbocycles. The maximum atomic E-state index is 13.5. The van der Waals surface area contributed by atoms with Gasteiger partial charge in [0.15, 0.2) is 0 Å². The zero-order valence-corrected chi connectivity index (χ0v) is 13.3. The highest BCUT2D eigenvalue weighted by Crippen LogP contribution is 2.29. The number of sulfonamides is 1. The largest absolute Gasteiger partial charge is 0.243 e. The molecule has 0 radical (unpaired) electrons. The fraction of sp³-hybridized carbons (Fsp3) is 0.538. The first kappa shape index (κ1) is 14.9. The molecule has 1 aromatic rings. The Morgan fingerprint density at radius 2 is 2.05 bits per heavy atom. The van der Waals surface area contributed by atoms with E-state index >= 15 is 0 Å². The second kappa shape index (κ2) is 5.50. The van der Waals surface area contributed by atoms with Crippen molar-refractivity contribution in [1.29, 1.82) is 0 Å². The minimum Gasteiger partial charge on any atom is -0.207 e. The van der Waals surface area contributed by atoms with Gasteiger partial charge in [0, 0.05) is 12.6 Å². The number of halogens is 2. The summed E-state index contributed by atoms with van der Waals surface area (Å²) in [6.07, 6.45) is 1.70. The quantitative estimate of drug-likeness (QED) is 0.820. The number of rotatable bonds is 2. The van der Waals surface area contributed by atoms with Gasteiger partial charge in [0.1, 0.15) is 5.82 Å². The number of hydrogen-bond donors (Lipinski definition) is 0. The van der Waals surface area contributed by atoms with Crippen LogP contribution >= 0.6 is 15.9 Å². The maximum absolute atomic E-state index is 13.5. The van der Waals surface area contributed by atoms with Crippen molar-refractivity contribution in [1.82, 2.24) is 4.31 Å². The molecule has 3 nitrogen and oxygen atoms in total. The molecular weight excluding hydrogens is 333 g/mol. The molecule has 19 heavy (non-hydrogen) atoms. The minimum atomic E-state index is -3.60. The first-order valence-corrected chi connectivity index (χ1v) is 8.52. The monoisotopic (exact) mass is 349 g/mol. The van der Waals surface area contributed by atoms with Crippen LogP contribution in [0.3, 0.4) is 0 Å². The predicted octanol–water partition coefficient (Wildman–Crippen LogP) is 3.40. The van der Waals surface area contributed by atoms with Gasteiger partial charge in [-0.05, 0) is 59.8 Å². The van der Waals surface area contributed by atoms with Gasteiger partial charge in [0.05, 0.1) is 9.37 Å². The molecule has 1 fully saturated rings. The fourth-order valence-electron chi connectivity index (χ4n) is 2.52. The lowest BCUT2D eigenvalue weighted by atomic mass is 9.95. The standard InChI is InChI=1S/C13H17BrFNO2S/c1-9-5-6-16(10(2)7-9)19(17,18)11-3-4-12(14)13(15)8-11/h3-4,8-10H,5-7H2,1-2H3. The van der Waals surface area contributed by atoms with E-state index in [4.69, 9.17) is 0 Å². The van der Waals surface area contributed by atoms with Crippen LogP contribution < -0.4 is 0 Å². The minimum absolute atomic E-state index is 0.0228. The molecule has 0 spiro atoms. The third-order valence-electron chi connectivity index (χ3n) is 3.58. The lowest BCUT2D eigenvalue weighted by Gasteiger charge is -2.35. The van der Waals surface area contributed by atoms with Gasteiger partial charge in [-0.2, -0.15) is 4.31 Å². The molecule has 1 aliphatic rings. The van der Waals surface area contributed by atoms with Crippen LogP contribution in [-0.4, -0.2) is 25.3 Å². The summed E-state index contributed by atoms with van der Waals surface area (Å²) in [5.41, 5.74) is 0. The zero-order chi connectivity index (χ0) is 14.2. The van der Waals surface area contributed by atoms with Crippen LogP contribution in [0.4, 0.5) is 4.39 Å². The van der Waals surface area contributed by atoms with Gasteiger partial charge in [-0.3, -0.25) is 0 Å². The first-order valence-electron chi connectivity index (χ1n) is 6.29. The summed E-state index contributed by atoms with van der Waals surface area (Å²) in [5, 5.41) is 0. The Kier molecular flexibility index (Phi) is 4.32. The van der Waals surface area contributed by atoms with Gasteiger partial charge in [-0.1, -0.05) is 6.92 Å². The Labute approximate surface area is 122 Å². The molecule has 2 unspecified atom stereocenters. The van der Waals surface area contributed by atoms with Crippen LogP contribution in [0.15, 0.2) is 27.6 Å². The van der Waals surface area contributed by atoms with Gasteiger partial charge in [-0.15, -0.1) is 0 Å². The van der Waals surface area contributed by atoms with E-state index < -0.39 is 15.8 Å². The van der Waals surface area contributed by atoms with Gasteiger partial charge in [0.25, 0.3) is 0 Å². The lowest BCUT2D eigenvalue weighted by molar-refractivity contribution is 0.220. The van der Waals surface area contributed by atoms with E-state index in [1.54, 1.807) is 0 Å². The summed E-state index contributed by atoms with van der Waals surface area (Å²) in [6.45, 7) is 4.53. The summed E-state index contributed by atoms with van der Waals surface area (Å²) in [6, 6.07) is 3.90. The second-order valence-corrected chi connectivity index (χ2v) is 7.92. The fourth-order valence-corrected chi connectivity index (χ4v) is 4.43. The van der Waals surface area contributed by atoms with E-state index in [0.29, 0.717) is 12.5 Å². The van der Waals surface area contributed by atoms with Crippen LogP contribution in [0.2, 0.25) is 0 Å². The van der Waals surface area contributed by atoms with E-state index in [9.17, 15) is 12.8 Å². The highest BCUT2D eigenvalue weighted by molar-refractivity contribution is 9.10. The van der Waals surface area contributed by atoms with E-state index in [1.807, 2.05) is 6.92 Å². The Morgan fingerprint density at radius 1 is 1.37 bits per heavy atom. The van der Waals surface area contributed by atoms with E-state index in [0.717, 1.165) is 18.9 Å². The number of nitrogens with zero attached hydrogens (tertiary/aromatic N) is 1. The molecule has 0 amide bonds. The Bertz CT molecular complexity index is 576. The van der Waals surface area contributed by atoms with E-state index in [2.05, 4.69) is 22.9 Å². The molecule has 1 saturated heterocycles. The second-order valence-electron chi connectivity index (χ2n) is 5.17. The van der Waals surface area contributed by atoms with E-state index in [-0.39, 0.29) is 15.4 Å². The molecule has 0 aliphatic carbocycles. The van der Waals surface area contributed by atoms with Gasteiger partial charge < -0.3 is 0 Å². The van der Waals surface area contributed by atoms with Crippen molar-refractivity contribution in [2.75, 3.05) is 6.54 Å². The van der Waals surface area contributed by atoms with Gasteiger partial charge >= 0.3 is 0 Å². The molecule has 0 N–H and O–H groups in total. The molecule has 0 aromatic heterocycles. The van der Waals surface area contributed by atoms with Crippen molar-refractivity contribution in [3.63, 3.8) is 0 Å². The van der Waals surface area contributed by atoms with Gasteiger partial charge in [0.2, 0.25) is 10.0 Å².